The third kappa shape index (κ3) is 9.57. The van der Waals surface area contributed by atoms with E-state index in [1.165, 1.54) is 38.8 Å². The first-order valence-electron chi connectivity index (χ1n) is 7.23. The summed E-state index contributed by atoms with van der Waals surface area (Å²) in [5.41, 5.74) is 0. The summed E-state index contributed by atoms with van der Waals surface area (Å²) in [6.45, 7) is 12.1. The molecule has 0 bridgehead atoms. The lowest BCUT2D eigenvalue weighted by molar-refractivity contribution is 0.137. The van der Waals surface area contributed by atoms with Crippen molar-refractivity contribution < 1.29 is 4.74 Å². The van der Waals surface area contributed by atoms with E-state index in [9.17, 15) is 0 Å². The van der Waals surface area contributed by atoms with Crippen LogP contribution in [-0.4, -0.2) is 50.8 Å². The van der Waals surface area contributed by atoms with Crippen molar-refractivity contribution in [2.75, 3.05) is 39.9 Å². The minimum absolute atomic E-state index is 0.471. The quantitative estimate of drug-likeness (QED) is 0.571. The molecule has 0 spiro atoms. The lowest BCUT2D eigenvalue weighted by Gasteiger charge is -2.27. The number of likely N-dealkylation sites (N-methyl/N-ethyl adjacent to an activating group) is 1. The molecule has 0 saturated carbocycles. The molecule has 0 heterocycles. The number of nitrogens with one attached hydrogen (secondary N) is 1. The molecule has 0 rings (SSSR count). The molecule has 1 atom stereocenters. The van der Waals surface area contributed by atoms with E-state index in [2.05, 4.69) is 31.0 Å². The zero-order chi connectivity index (χ0) is 12.9. The third-order valence-corrected chi connectivity index (χ3v) is 3.00. The molecule has 3 nitrogen and oxygen atoms in total. The predicted molar refractivity (Wildman–Crippen MR) is 75.6 cm³/mol. The Labute approximate surface area is 108 Å². The predicted octanol–water partition coefficient (Wildman–Crippen LogP) is 2.51. The summed E-state index contributed by atoms with van der Waals surface area (Å²) < 4.78 is 5.28. The Morgan fingerprint density at radius 3 is 2.06 bits per heavy atom. The summed E-state index contributed by atoms with van der Waals surface area (Å²) >= 11 is 0. The minimum atomic E-state index is 0.471. The van der Waals surface area contributed by atoms with E-state index >= 15 is 0 Å². The molecule has 0 aromatic rings. The maximum Gasteiger partial charge on any atom is 0.0628 e. The molecule has 1 unspecified atom stereocenters. The highest BCUT2D eigenvalue weighted by molar-refractivity contribution is 4.71. The van der Waals surface area contributed by atoms with E-state index in [0.29, 0.717) is 6.04 Å². The van der Waals surface area contributed by atoms with E-state index in [-0.39, 0.29) is 0 Å². The molecule has 0 fully saturated rings. The Morgan fingerprint density at radius 1 is 1.06 bits per heavy atom. The average molecular weight is 244 g/mol. The molecule has 0 saturated heterocycles. The lowest BCUT2D eigenvalue weighted by Crippen LogP contribution is -2.44. The van der Waals surface area contributed by atoms with Crippen LogP contribution in [0.25, 0.3) is 0 Å². The molecule has 17 heavy (non-hydrogen) atoms. The van der Waals surface area contributed by atoms with Crippen LogP contribution in [0.4, 0.5) is 0 Å². The Balaban J connectivity index is 4.04. The maximum atomic E-state index is 5.28. The van der Waals surface area contributed by atoms with Gasteiger partial charge in [0, 0.05) is 19.7 Å². The molecule has 104 valence electrons. The molecule has 0 aliphatic rings. The number of hydrogen-bond donors (Lipinski definition) is 1. The lowest BCUT2D eigenvalue weighted by atomic mass is 10.2. The minimum Gasteiger partial charge on any atom is -0.383 e. The van der Waals surface area contributed by atoms with Crippen LogP contribution in [0.5, 0.6) is 0 Å². The first kappa shape index (κ1) is 16.9. The third-order valence-electron chi connectivity index (χ3n) is 3.00. The molecule has 0 aliphatic carbocycles. The van der Waals surface area contributed by atoms with Crippen LogP contribution in [-0.2, 0) is 4.74 Å². The average Bonchev–Trinajstić information content (AvgIpc) is 2.33. The van der Waals surface area contributed by atoms with E-state index < -0.39 is 0 Å². The second kappa shape index (κ2) is 12.3. The van der Waals surface area contributed by atoms with Crippen molar-refractivity contribution in [3.63, 3.8) is 0 Å². The highest BCUT2D eigenvalue weighted by Gasteiger charge is 2.12. The zero-order valence-electron chi connectivity index (χ0n) is 12.3. The highest BCUT2D eigenvalue weighted by Crippen LogP contribution is 2.01. The summed E-state index contributed by atoms with van der Waals surface area (Å²) in [5.74, 6) is 0. The summed E-state index contributed by atoms with van der Waals surface area (Å²) in [5, 5.41) is 3.50. The molecular formula is C14H32N2O. The maximum absolute atomic E-state index is 5.28. The fraction of sp³-hybridized carbons (Fsp3) is 1.00. The van der Waals surface area contributed by atoms with Crippen LogP contribution in [0.3, 0.4) is 0 Å². The first-order valence-corrected chi connectivity index (χ1v) is 7.23. The Morgan fingerprint density at radius 2 is 1.65 bits per heavy atom. The number of nitrogens with zero attached hydrogens (tertiary/aromatic N) is 1. The molecule has 0 aliphatic heterocycles. The standard InChI is InChI=1S/C14H32N2O/c1-5-8-10-16(11-9-6-2)12-14(13-17-4)15-7-3/h14-15H,5-13H2,1-4H3. The Bertz CT molecular complexity index is 139. The molecule has 3 heteroatoms. The van der Waals surface area contributed by atoms with Crippen molar-refractivity contribution >= 4 is 0 Å². The highest BCUT2D eigenvalue weighted by atomic mass is 16.5. The van der Waals surface area contributed by atoms with Gasteiger partial charge in [0.15, 0.2) is 0 Å². The van der Waals surface area contributed by atoms with E-state index in [1.807, 2.05) is 0 Å². The van der Waals surface area contributed by atoms with Crippen molar-refractivity contribution in [3.8, 4) is 0 Å². The number of ether oxygens (including phenoxy) is 1. The fourth-order valence-electron chi connectivity index (χ4n) is 2.04. The van der Waals surface area contributed by atoms with Gasteiger partial charge in [-0.2, -0.15) is 0 Å². The van der Waals surface area contributed by atoms with Gasteiger partial charge >= 0.3 is 0 Å². The molecule has 1 N–H and O–H groups in total. The van der Waals surface area contributed by atoms with Crippen LogP contribution >= 0.6 is 0 Å². The number of rotatable bonds is 12. The molecule has 0 aromatic carbocycles. The zero-order valence-corrected chi connectivity index (χ0v) is 12.3. The number of unbranched alkanes of at least 4 members (excludes halogenated alkanes) is 2. The number of hydrogen-bond acceptors (Lipinski definition) is 3. The molecule has 0 amide bonds. The Hall–Kier alpha value is -0.120. The SMILES string of the molecule is CCCCN(CCCC)CC(COC)NCC. The Kier molecular flexibility index (Phi) is 12.3. The first-order chi connectivity index (χ1) is 8.28. The van der Waals surface area contributed by atoms with Crippen molar-refractivity contribution in [2.24, 2.45) is 0 Å². The van der Waals surface area contributed by atoms with E-state index in [1.54, 1.807) is 7.11 Å². The summed E-state index contributed by atoms with van der Waals surface area (Å²) in [6.07, 6.45) is 5.16. The normalized spacial score (nSPS) is 13.2. The van der Waals surface area contributed by atoms with Gasteiger partial charge in [0.25, 0.3) is 0 Å². The second-order valence-electron chi connectivity index (χ2n) is 4.72. The van der Waals surface area contributed by atoms with Gasteiger partial charge in [0.05, 0.1) is 6.61 Å². The number of methoxy groups -OCH3 is 1. The van der Waals surface area contributed by atoms with Crippen LogP contribution in [0.15, 0.2) is 0 Å². The summed E-state index contributed by atoms with van der Waals surface area (Å²) in [6, 6.07) is 0.471. The molecule has 0 aromatic heterocycles. The summed E-state index contributed by atoms with van der Waals surface area (Å²) in [7, 11) is 1.78. The van der Waals surface area contributed by atoms with Gasteiger partial charge in [-0.1, -0.05) is 33.6 Å². The largest absolute Gasteiger partial charge is 0.383 e. The van der Waals surface area contributed by atoms with Crippen LogP contribution < -0.4 is 5.32 Å². The van der Waals surface area contributed by atoms with Crippen molar-refractivity contribution in [3.05, 3.63) is 0 Å². The van der Waals surface area contributed by atoms with E-state index in [4.69, 9.17) is 4.74 Å². The van der Waals surface area contributed by atoms with Crippen molar-refractivity contribution in [1.82, 2.24) is 10.2 Å². The topological polar surface area (TPSA) is 24.5 Å². The van der Waals surface area contributed by atoms with Crippen LogP contribution in [0.1, 0.15) is 46.5 Å². The van der Waals surface area contributed by atoms with Gasteiger partial charge < -0.3 is 15.0 Å². The van der Waals surface area contributed by atoms with Gasteiger partial charge in [-0.05, 0) is 32.5 Å². The van der Waals surface area contributed by atoms with Gasteiger partial charge in [-0.25, -0.2) is 0 Å². The van der Waals surface area contributed by atoms with Gasteiger partial charge in [0.2, 0.25) is 0 Å². The van der Waals surface area contributed by atoms with Crippen LogP contribution in [0.2, 0.25) is 0 Å². The van der Waals surface area contributed by atoms with Crippen LogP contribution in [0, 0.1) is 0 Å². The molecule has 0 radical (unpaired) electrons. The van der Waals surface area contributed by atoms with Crippen molar-refractivity contribution in [2.45, 2.75) is 52.5 Å². The fourth-order valence-corrected chi connectivity index (χ4v) is 2.04. The monoisotopic (exact) mass is 244 g/mol. The second-order valence-corrected chi connectivity index (χ2v) is 4.72. The van der Waals surface area contributed by atoms with Gasteiger partial charge in [0.1, 0.15) is 0 Å². The van der Waals surface area contributed by atoms with Crippen molar-refractivity contribution in [1.29, 1.82) is 0 Å². The summed E-state index contributed by atoms with van der Waals surface area (Å²) in [4.78, 5) is 2.58. The van der Waals surface area contributed by atoms with E-state index in [0.717, 1.165) is 19.7 Å². The molecular weight excluding hydrogens is 212 g/mol. The smallest absolute Gasteiger partial charge is 0.0628 e. The van der Waals surface area contributed by atoms with Gasteiger partial charge in [-0.15, -0.1) is 0 Å². The van der Waals surface area contributed by atoms with Gasteiger partial charge in [-0.3, -0.25) is 0 Å².